The summed E-state index contributed by atoms with van der Waals surface area (Å²) in [6.07, 6.45) is -0.0976. The highest BCUT2D eigenvalue weighted by molar-refractivity contribution is 5.89. The lowest BCUT2D eigenvalue weighted by molar-refractivity contribution is 0.0819. The van der Waals surface area contributed by atoms with Gasteiger partial charge in [-0.15, -0.1) is 0 Å². The van der Waals surface area contributed by atoms with E-state index in [1.807, 2.05) is 36.4 Å². The highest BCUT2D eigenvalue weighted by atomic mass is 19.3. The minimum Gasteiger partial charge on any atom is -0.487 e. The molecule has 1 aliphatic rings. The molecule has 0 radical (unpaired) electrons. The van der Waals surface area contributed by atoms with Gasteiger partial charge in [0.2, 0.25) is 0 Å². The van der Waals surface area contributed by atoms with Crippen LogP contribution in [0.2, 0.25) is 0 Å². The summed E-state index contributed by atoms with van der Waals surface area (Å²) in [7, 11) is 0. The number of benzene rings is 2. The number of ether oxygens (including phenoxy) is 1. The van der Waals surface area contributed by atoms with Gasteiger partial charge in [-0.25, -0.2) is 8.78 Å². The average molecular weight is 291 g/mol. The first-order valence-corrected chi connectivity index (χ1v) is 7.34. The average Bonchev–Trinajstić information content (AvgIpc) is 3.28. The number of nitrogens with one attached hydrogen (secondary N) is 1. The molecule has 1 unspecified atom stereocenters. The number of hydrogen-bond donors (Lipinski definition) is 1. The Bertz CT molecular complexity index is 625. The van der Waals surface area contributed by atoms with Crippen LogP contribution in [0.3, 0.4) is 0 Å². The molecule has 21 heavy (non-hydrogen) atoms. The van der Waals surface area contributed by atoms with Crippen molar-refractivity contribution in [3.8, 4) is 5.75 Å². The molecule has 1 aliphatic carbocycles. The molecule has 1 atom stereocenters. The Labute approximate surface area is 123 Å². The normalized spacial score (nSPS) is 16.4. The molecule has 0 aromatic heterocycles. The van der Waals surface area contributed by atoms with Gasteiger partial charge in [-0.2, -0.15) is 0 Å². The fourth-order valence-electron chi connectivity index (χ4n) is 2.60. The van der Waals surface area contributed by atoms with Gasteiger partial charge >= 0.3 is 0 Å². The first kappa shape index (κ1) is 14.3. The maximum atomic E-state index is 12.5. The zero-order valence-electron chi connectivity index (χ0n) is 12.0. The highest BCUT2D eigenvalue weighted by Gasteiger charge is 2.25. The molecule has 3 rings (SSSR count). The maximum absolute atomic E-state index is 12.5. The molecule has 0 spiro atoms. The number of hydrogen-bond acceptors (Lipinski definition) is 2. The Balaban J connectivity index is 1.97. The van der Waals surface area contributed by atoms with Crippen LogP contribution in [-0.4, -0.2) is 19.1 Å². The molecule has 2 aromatic rings. The zero-order valence-corrected chi connectivity index (χ0v) is 12.0. The Morgan fingerprint density at radius 3 is 2.67 bits per heavy atom. The van der Waals surface area contributed by atoms with Gasteiger partial charge in [0.15, 0.2) is 0 Å². The van der Waals surface area contributed by atoms with Crippen LogP contribution < -0.4 is 10.1 Å². The third kappa shape index (κ3) is 3.32. The van der Waals surface area contributed by atoms with Crippen LogP contribution in [0.15, 0.2) is 36.4 Å². The largest absolute Gasteiger partial charge is 0.487 e. The fourth-order valence-corrected chi connectivity index (χ4v) is 2.60. The molecule has 0 amide bonds. The van der Waals surface area contributed by atoms with Crippen molar-refractivity contribution in [3.63, 3.8) is 0 Å². The van der Waals surface area contributed by atoms with E-state index in [2.05, 4.69) is 12.2 Å². The molecule has 112 valence electrons. The molecule has 1 fully saturated rings. The lowest BCUT2D eigenvalue weighted by Gasteiger charge is -2.20. The minimum atomic E-state index is -2.47. The summed E-state index contributed by atoms with van der Waals surface area (Å²) < 4.78 is 30.5. The second kappa shape index (κ2) is 5.98. The lowest BCUT2D eigenvalue weighted by atomic mass is 10.0. The maximum Gasteiger partial charge on any atom is 0.272 e. The van der Waals surface area contributed by atoms with Crippen LogP contribution in [0, 0.1) is 0 Å². The van der Waals surface area contributed by atoms with E-state index in [-0.39, 0.29) is 6.04 Å². The molecule has 2 aromatic carbocycles. The predicted octanol–water partition coefficient (Wildman–Crippen LogP) is 4.30. The van der Waals surface area contributed by atoms with E-state index in [9.17, 15) is 8.78 Å². The minimum absolute atomic E-state index is 0.0924. The van der Waals surface area contributed by atoms with Gasteiger partial charge in [-0.3, -0.25) is 0 Å². The van der Waals surface area contributed by atoms with Crippen LogP contribution in [0.1, 0.15) is 31.4 Å². The SMILES string of the molecule is CC(NC1CC1)c1ccc2ccccc2c1OCC(F)F. The smallest absolute Gasteiger partial charge is 0.272 e. The van der Waals surface area contributed by atoms with Crippen molar-refractivity contribution in [1.29, 1.82) is 0 Å². The number of rotatable bonds is 6. The lowest BCUT2D eigenvalue weighted by Crippen LogP contribution is -2.21. The van der Waals surface area contributed by atoms with Crippen molar-refractivity contribution < 1.29 is 13.5 Å². The monoisotopic (exact) mass is 291 g/mol. The van der Waals surface area contributed by atoms with E-state index < -0.39 is 13.0 Å². The number of halogens is 2. The third-order valence-electron chi connectivity index (χ3n) is 3.79. The van der Waals surface area contributed by atoms with E-state index >= 15 is 0 Å². The van der Waals surface area contributed by atoms with Gasteiger partial charge in [0.1, 0.15) is 12.4 Å². The molecule has 2 nitrogen and oxygen atoms in total. The van der Waals surface area contributed by atoms with Crippen molar-refractivity contribution in [2.45, 2.75) is 38.3 Å². The van der Waals surface area contributed by atoms with E-state index in [0.29, 0.717) is 11.8 Å². The predicted molar refractivity (Wildman–Crippen MR) is 80.0 cm³/mol. The first-order chi connectivity index (χ1) is 10.1. The fraction of sp³-hybridized carbons (Fsp3) is 0.412. The van der Waals surface area contributed by atoms with Gasteiger partial charge in [0.05, 0.1) is 0 Å². The summed E-state index contributed by atoms with van der Waals surface area (Å²) in [5.74, 6) is 0.578. The molecular formula is C17H19F2NO. The Morgan fingerprint density at radius 1 is 1.19 bits per heavy atom. The topological polar surface area (TPSA) is 21.3 Å². The van der Waals surface area contributed by atoms with Crippen LogP contribution >= 0.6 is 0 Å². The molecular weight excluding hydrogens is 272 g/mol. The summed E-state index contributed by atoms with van der Waals surface area (Å²) >= 11 is 0. The summed E-state index contributed by atoms with van der Waals surface area (Å²) in [5, 5.41) is 5.39. The van der Waals surface area contributed by atoms with E-state index in [0.717, 1.165) is 16.3 Å². The van der Waals surface area contributed by atoms with Gasteiger partial charge in [0, 0.05) is 23.0 Å². The molecule has 1 N–H and O–H groups in total. The van der Waals surface area contributed by atoms with E-state index in [1.54, 1.807) is 0 Å². The summed E-state index contributed by atoms with van der Waals surface area (Å²) in [4.78, 5) is 0. The van der Waals surface area contributed by atoms with Gasteiger partial charge in [-0.1, -0.05) is 36.4 Å². The van der Waals surface area contributed by atoms with Crippen LogP contribution in [-0.2, 0) is 0 Å². The molecule has 0 bridgehead atoms. The van der Waals surface area contributed by atoms with Crippen molar-refractivity contribution in [2.24, 2.45) is 0 Å². The summed E-state index contributed by atoms with van der Waals surface area (Å²) in [6.45, 7) is 1.48. The Kier molecular flexibility index (Phi) is 4.06. The van der Waals surface area contributed by atoms with E-state index in [1.165, 1.54) is 12.8 Å². The second-order valence-electron chi connectivity index (χ2n) is 5.57. The number of alkyl halides is 2. The van der Waals surface area contributed by atoms with Gasteiger partial charge < -0.3 is 10.1 Å². The second-order valence-corrected chi connectivity index (χ2v) is 5.57. The van der Waals surface area contributed by atoms with Crippen molar-refractivity contribution in [1.82, 2.24) is 5.32 Å². The standard InChI is InChI=1S/C17H19F2NO/c1-11(20-13-7-8-13)14-9-6-12-4-2-3-5-15(12)17(14)21-10-16(18)19/h2-6,9,11,13,16,20H,7-8,10H2,1H3. The van der Waals surface area contributed by atoms with Crippen LogP contribution in [0.25, 0.3) is 10.8 Å². The molecule has 0 aliphatic heterocycles. The Hall–Kier alpha value is -1.68. The zero-order chi connectivity index (χ0) is 14.8. The molecule has 4 heteroatoms. The van der Waals surface area contributed by atoms with Crippen molar-refractivity contribution in [3.05, 3.63) is 42.0 Å². The van der Waals surface area contributed by atoms with Gasteiger partial charge in [0.25, 0.3) is 6.43 Å². The first-order valence-electron chi connectivity index (χ1n) is 7.34. The highest BCUT2D eigenvalue weighted by Crippen LogP contribution is 2.35. The molecule has 1 saturated carbocycles. The Morgan fingerprint density at radius 2 is 1.95 bits per heavy atom. The summed E-state index contributed by atoms with van der Waals surface area (Å²) in [6, 6.07) is 12.4. The quantitative estimate of drug-likeness (QED) is 0.857. The molecule has 0 saturated heterocycles. The third-order valence-corrected chi connectivity index (χ3v) is 3.79. The molecule has 0 heterocycles. The van der Waals surface area contributed by atoms with E-state index in [4.69, 9.17) is 4.74 Å². The van der Waals surface area contributed by atoms with Gasteiger partial charge in [-0.05, 0) is 25.2 Å². The van der Waals surface area contributed by atoms with Crippen molar-refractivity contribution in [2.75, 3.05) is 6.61 Å². The number of fused-ring (bicyclic) bond motifs is 1. The van der Waals surface area contributed by atoms with Crippen molar-refractivity contribution >= 4 is 10.8 Å². The van der Waals surface area contributed by atoms with Crippen LogP contribution in [0.4, 0.5) is 8.78 Å². The summed E-state index contributed by atoms with van der Waals surface area (Å²) in [5.41, 5.74) is 0.946. The van der Waals surface area contributed by atoms with Crippen LogP contribution in [0.5, 0.6) is 5.75 Å².